The first-order valence-corrected chi connectivity index (χ1v) is 7.60. The Kier molecular flexibility index (Phi) is 5.63. The van der Waals surface area contributed by atoms with Crippen LogP contribution in [-0.4, -0.2) is 20.1 Å². The van der Waals surface area contributed by atoms with E-state index < -0.39 is 0 Å². The molecular weight excluding hydrogens is 290 g/mol. The summed E-state index contributed by atoms with van der Waals surface area (Å²) in [4.78, 5) is 12.3. The lowest BCUT2D eigenvalue weighted by molar-refractivity contribution is -0.121. The second-order valence-electron chi connectivity index (χ2n) is 5.56. The minimum absolute atomic E-state index is 0.0330. The van der Waals surface area contributed by atoms with Crippen molar-refractivity contribution < 1.29 is 14.3 Å². The number of carbonyl (C=O) groups is 1. The summed E-state index contributed by atoms with van der Waals surface area (Å²) < 4.78 is 10.6. The number of amides is 1. The number of hydrogen-bond donors (Lipinski definition) is 1. The maximum atomic E-state index is 12.3. The van der Waals surface area contributed by atoms with Crippen LogP contribution in [0.15, 0.2) is 42.5 Å². The summed E-state index contributed by atoms with van der Waals surface area (Å²) in [5, 5.41) is 3.02. The summed E-state index contributed by atoms with van der Waals surface area (Å²) in [5.41, 5.74) is 3.03. The number of methoxy groups -OCH3 is 2. The van der Waals surface area contributed by atoms with E-state index in [0.29, 0.717) is 6.42 Å². The quantitative estimate of drug-likeness (QED) is 0.889. The molecule has 2 rings (SSSR count). The van der Waals surface area contributed by atoms with Gasteiger partial charge in [-0.25, -0.2) is 0 Å². The molecule has 122 valence electrons. The molecule has 0 aliphatic carbocycles. The number of carbonyl (C=O) groups excluding carboxylic acids is 1. The summed E-state index contributed by atoms with van der Waals surface area (Å²) in [5.74, 6) is 1.50. The second kappa shape index (κ2) is 7.68. The van der Waals surface area contributed by atoms with Crippen LogP contribution in [0.1, 0.15) is 29.7 Å². The van der Waals surface area contributed by atoms with E-state index in [4.69, 9.17) is 9.47 Å². The molecule has 0 radical (unpaired) electrons. The molecule has 1 amide bonds. The predicted molar refractivity (Wildman–Crippen MR) is 91.0 cm³/mol. The van der Waals surface area contributed by atoms with Crippen LogP contribution in [0.2, 0.25) is 0 Å². The van der Waals surface area contributed by atoms with Gasteiger partial charge in [-0.05, 0) is 37.6 Å². The molecule has 0 saturated heterocycles. The SMILES string of the molecule is COc1cccc(CC(=O)NC(C)c2cc(C)ccc2OC)c1. The van der Waals surface area contributed by atoms with Crippen molar-refractivity contribution in [2.75, 3.05) is 14.2 Å². The summed E-state index contributed by atoms with van der Waals surface area (Å²) in [6, 6.07) is 13.4. The lowest BCUT2D eigenvalue weighted by atomic mass is 10.0. The number of ether oxygens (including phenoxy) is 2. The average molecular weight is 313 g/mol. The van der Waals surface area contributed by atoms with Crippen LogP contribution in [0, 0.1) is 6.92 Å². The maximum Gasteiger partial charge on any atom is 0.224 e. The number of benzene rings is 2. The Balaban J connectivity index is 2.06. The van der Waals surface area contributed by atoms with Crippen molar-refractivity contribution in [3.05, 3.63) is 59.2 Å². The third-order valence-corrected chi connectivity index (χ3v) is 3.73. The van der Waals surface area contributed by atoms with E-state index in [0.717, 1.165) is 28.2 Å². The van der Waals surface area contributed by atoms with E-state index in [1.54, 1.807) is 14.2 Å². The van der Waals surface area contributed by atoms with Gasteiger partial charge < -0.3 is 14.8 Å². The van der Waals surface area contributed by atoms with Gasteiger partial charge in [0.1, 0.15) is 11.5 Å². The summed E-state index contributed by atoms with van der Waals surface area (Å²) >= 11 is 0. The highest BCUT2D eigenvalue weighted by molar-refractivity contribution is 5.79. The Morgan fingerprint density at radius 3 is 2.61 bits per heavy atom. The molecule has 0 aliphatic rings. The highest BCUT2D eigenvalue weighted by atomic mass is 16.5. The van der Waals surface area contributed by atoms with Crippen LogP contribution >= 0.6 is 0 Å². The van der Waals surface area contributed by atoms with Crippen molar-refractivity contribution in [3.8, 4) is 11.5 Å². The second-order valence-corrected chi connectivity index (χ2v) is 5.56. The maximum absolute atomic E-state index is 12.3. The highest BCUT2D eigenvalue weighted by Crippen LogP contribution is 2.26. The highest BCUT2D eigenvalue weighted by Gasteiger charge is 2.14. The minimum Gasteiger partial charge on any atom is -0.497 e. The van der Waals surface area contributed by atoms with E-state index in [9.17, 15) is 4.79 Å². The Bertz CT molecular complexity index is 682. The van der Waals surface area contributed by atoms with Crippen molar-refractivity contribution in [1.29, 1.82) is 0 Å². The third-order valence-electron chi connectivity index (χ3n) is 3.73. The zero-order chi connectivity index (χ0) is 16.8. The Labute approximate surface area is 137 Å². The first-order valence-electron chi connectivity index (χ1n) is 7.60. The lowest BCUT2D eigenvalue weighted by Crippen LogP contribution is -2.28. The average Bonchev–Trinajstić information content (AvgIpc) is 2.54. The van der Waals surface area contributed by atoms with Crippen LogP contribution in [0.4, 0.5) is 0 Å². The van der Waals surface area contributed by atoms with E-state index in [1.807, 2.05) is 56.3 Å². The van der Waals surface area contributed by atoms with Gasteiger partial charge >= 0.3 is 0 Å². The van der Waals surface area contributed by atoms with Gasteiger partial charge in [-0.3, -0.25) is 4.79 Å². The van der Waals surface area contributed by atoms with Crippen LogP contribution < -0.4 is 14.8 Å². The van der Waals surface area contributed by atoms with Gasteiger partial charge in [0.2, 0.25) is 5.91 Å². The van der Waals surface area contributed by atoms with E-state index in [1.165, 1.54) is 0 Å². The monoisotopic (exact) mass is 313 g/mol. The Hall–Kier alpha value is -2.49. The molecule has 0 fully saturated rings. The van der Waals surface area contributed by atoms with E-state index >= 15 is 0 Å². The first kappa shape index (κ1) is 16.9. The number of aryl methyl sites for hydroxylation is 1. The van der Waals surface area contributed by atoms with Gasteiger partial charge in [0.25, 0.3) is 0 Å². The van der Waals surface area contributed by atoms with Crippen molar-refractivity contribution in [1.82, 2.24) is 5.32 Å². The van der Waals surface area contributed by atoms with Crippen molar-refractivity contribution in [3.63, 3.8) is 0 Å². The molecule has 2 aromatic carbocycles. The largest absolute Gasteiger partial charge is 0.497 e. The molecule has 0 saturated carbocycles. The smallest absolute Gasteiger partial charge is 0.224 e. The number of rotatable bonds is 6. The molecule has 1 N–H and O–H groups in total. The lowest BCUT2D eigenvalue weighted by Gasteiger charge is -2.18. The van der Waals surface area contributed by atoms with Crippen LogP contribution in [0.25, 0.3) is 0 Å². The third kappa shape index (κ3) is 4.49. The number of nitrogens with one attached hydrogen (secondary N) is 1. The topological polar surface area (TPSA) is 47.6 Å². The van der Waals surface area contributed by atoms with E-state index in [-0.39, 0.29) is 11.9 Å². The van der Waals surface area contributed by atoms with Gasteiger partial charge in [0.05, 0.1) is 26.7 Å². The molecule has 1 atom stereocenters. The van der Waals surface area contributed by atoms with Crippen molar-refractivity contribution in [2.24, 2.45) is 0 Å². The molecule has 4 heteroatoms. The summed E-state index contributed by atoms with van der Waals surface area (Å²) in [7, 11) is 3.25. The zero-order valence-electron chi connectivity index (χ0n) is 14.1. The molecule has 0 aromatic heterocycles. The molecule has 0 heterocycles. The molecule has 1 unspecified atom stereocenters. The van der Waals surface area contributed by atoms with Crippen LogP contribution in [0.3, 0.4) is 0 Å². The van der Waals surface area contributed by atoms with Gasteiger partial charge in [-0.15, -0.1) is 0 Å². The standard InChI is InChI=1S/C19H23NO3/c1-13-8-9-18(23-4)17(10-13)14(2)20-19(21)12-15-6-5-7-16(11-15)22-3/h5-11,14H,12H2,1-4H3,(H,20,21). The zero-order valence-corrected chi connectivity index (χ0v) is 14.1. The van der Waals surface area contributed by atoms with Crippen molar-refractivity contribution in [2.45, 2.75) is 26.3 Å². The van der Waals surface area contributed by atoms with Gasteiger partial charge in [-0.2, -0.15) is 0 Å². The van der Waals surface area contributed by atoms with Gasteiger partial charge in [0.15, 0.2) is 0 Å². The van der Waals surface area contributed by atoms with Gasteiger partial charge in [-0.1, -0.05) is 29.8 Å². The minimum atomic E-state index is -0.122. The molecule has 0 spiro atoms. The predicted octanol–water partition coefficient (Wildman–Crippen LogP) is 3.43. The van der Waals surface area contributed by atoms with E-state index in [2.05, 4.69) is 5.32 Å². The first-order chi connectivity index (χ1) is 11.0. The van der Waals surface area contributed by atoms with Crippen LogP contribution in [0.5, 0.6) is 11.5 Å². The normalized spacial score (nSPS) is 11.7. The fourth-order valence-corrected chi connectivity index (χ4v) is 2.53. The fourth-order valence-electron chi connectivity index (χ4n) is 2.53. The molecule has 4 nitrogen and oxygen atoms in total. The Morgan fingerprint density at radius 1 is 1.13 bits per heavy atom. The molecule has 0 aliphatic heterocycles. The molecule has 23 heavy (non-hydrogen) atoms. The fraction of sp³-hybridized carbons (Fsp3) is 0.316. The molecular formula is C19H23NO3. The molecule has 2 aromatic rings. The summed E-state index contributed by atoms with van der Waals surface area (Å²) in [6.45, 7) is 3.98. The number of hydrogen-bond acceptors (Lipinski definition) is 3. The van der Waals surface area contributed by atoms with Crippen molar-refractivity contribution >= 4 is 5.91 Å². The summed E-state index contributed by atoms with van der Waals surface area (Å²) in [6.07, 6.45) is 0.315. The van der Waals surface area contributed by atoms with Crippen LogP contribution in [-0.2, 0) is 11.2 Å². The van der Waals surface area contributed by atoms with Gasteiger partial charge in [0, 0.05) is 5.56 Å². The Morgan fingerprint density at radius 2 is 1.91 bits per heavy atom. The molecule has 0 bridgehead atoms.